The average molecular weight is 208 g/mol. The summed E-state index contributed by atoms with van der Waals surface area (Å²) in [7, 11) is 1.76. The van der Waals surface area contributed by atoms with Gasteiger partial charge in [-0.05, 0) is 12.1 Å². The van der Waals surface area contributed by atoms with Gasteiger partial charge in [0.2, 0.25) is 0 Å². The number of hydrogen-bond donors (Lipinski definition) is 2. The molecule has 1 heterocycles. The van der Waals surface area contributed by atoms with E-state index < -0.39 is 5.97 Å². The van der Waals surface area contributed by atoms with Crippen molar-refractivity contribution in [3.63, 3.8) is 0 Å². The molecule has 0 bridgehead atoms. The molecule has 0 aliphatic rings. The molecule has 0 fully saturated rings. The molecule has 2 N–H and O–H groups in total. The van der Waals surface area contributed by atoms with Crippen LogP contribution in [-0.2, 0) is 0 Å². The summed E-state index contributed by atoms with van der Waals surface area (Å²) in [5, 5.41) is 12.6. The average Bonchev–Trinajstić information content (AvgIpc) is 2.59. The second kappa shape index (κ2) is 3.26. The minimum absolute atomic E-state index is 0.307. The normalized spacial score (nSPS) is 10.4. The number of hydrogen-bond acceptors (Lipinski definition) is 4. The van der Waals surface area contributed by atoms with Crippen molar-refractivity contribution in [1.82, 2.24) is 4.98 Å². The van der Waals surface area contributed by atoms with E-state index in [1.54, 1.807) is 25.2 Å². The monoisotopic (exact) mass is 208 g/mol. The van der Waals surface area contributed by atoms with Gasteiger partial charge in [0.1, 0.15) is 0 Å². The highest BCUT2D eigenvalue weighted by atomic mass is 32.1. The Labute approximate surface area is 84.2 Å². The summed E-state index contributed by atoms with van der Waals surface area (Å²) in [4.78, 5) is 15.1. The first-order chi connectivity index (χ1) is 6.72. The van der Waals surface area contributed by atoms with Gasteiger partial charge < -0.3 is 10.4 Å². The molecule has 0 radical (unpaired) electrons. The maximum Gasteiger partial charge on any atom is 0.337 e. The third-order valence-corrected chi connectivity index (χ3v) is 2.98. The molecule has 2 aromatic rings. The Morgan fingerprint density at radius 3 is 3.00 bits per heavy atom. The highest BCUT2D eigenvalue weighted by Crippen LogP contribution is 2.28. The van der Waals surface area contributed by atoms with Crippen molar-refractivity contribution in [3.05, 3.63) is 23.8 Å². The fourth-order valence-corrected chi connectivity index (χ4v) is 2.15. The molecule has 1 aromatic heterocycles. The molecule has 0 saturated heterocycles. The lowest BCUT2D eigenvalue weighted by Crippen LogP contribution is -1.95. The summed E-state index contributed by atoms with van der Waals surface area (Å²) in [6.45, 7) is 0. The highest BCUT2D eigenvalue weighted by molar-refractivity contribution is 7.22. The third kappa shape index (κ3) is 1.31. The van der Waals surface area contributed by atoms with Crippen LogP contribution in [0.3, 0.4) is 0 Å². The van der Waals surface area contributed by atoms with Crippen LogP contribution in [0.2, 0.25) is 0 Å². The van der Waals surface area contributed by atoms with Crippen LogP contribution in [0, 0.1) is 0 Å². The zero-order chi connectivity index (χ0) is 10.1. The Bertz CT molecular complexity index is 493. The predicted molar refractivity (Wildman–Crippen MR) is 56.1 cm³/mol. The molecule has 14 heavy (non-hydrogen) atoms. The van der Waals surface area contributed by atoms with Crippen LogP contribution in [-0.4, -0.2) is 23.1 Å². The van der Waals surface area contributed by atoms with Crippen molar-refractivity contribution in [2.24, 2.45) is 0 Å². The van der Waals surface area contributed by atoms with Crippen molar-refractivity contribution in [1.29, 1.82) is 0 Å². The Kier molecular flexibility index (Phi) is 2.09. The van der Waals surface area contributed by atoms with Gasteiger partial charge in [-0.2, -0.15) is 0 Å². The van der Waals surface area contributed by atoms with Crippen LogP contribution < -0.4 is 5.32 Å². The van der Waals surface area contributed by atoms with Gasteiger partial charge in [0.15, 0.2) is 5.13 Å². The van der Waals surface area contributed by atoms with Gasteiger partial charge >= 0.3 is 5.97 Å². The lowest BCUT2D eigenvalue weighted by Gasteiger charge is -1.93. The molecular weight excluding hydrogens is 200 g/mol. The molecule has 72 valence electrons. The first-order valence-corrected chi connectivity index (χ1v) is 4.84. The molecular formula is C9H8N2O2S. The highest BCUT2D eigenvalue weighted by Gasteiger charge is 2.11. The van der Waals surface area contributed by atoms with Crippen LogP contribution in [0.4, 0.5) is 5.13 Å². The molecule has 0 aliphatic carbocycles. The third-order valence-electron chi connectivity index (χ3n) is 1.86. The van der Waals surface area contributed by atoms with Crippen LogP contribution in [0.25, 0.3) is 10.2 Å². The van der Waals surface area contributed by atoms with Crippen LogP contribution in [0.1, 0.15) is 10.4 Å². The molecule has 0 unspecified atom stereocenters. The van der Waals surface area contributed by atoms with Crippen molar-refractivity contribution in [3.8, 4) is 0 Å². The molecule has 4 nitrogen and oxygen atoms in total. The zero-order valence-electron chi connectivity index (χ0n) is 7.44. The van der Waals surface area contributed by atoms with E-state index in [9.17, 15) is 4.79 Å². The number of benzene rings is 1. The lowest BCUT2D eigenvalue weighted by atomic mass is 10.2. The van der Waals surface area contributed by atoms with E-state index in [0.29, 0.717) is 10.3 Å². The fourth-order valence-electron chi connectivity index (χ4n) is 1.22. The molecule has 0 saturated carbocycles. The molecule has 5 heteroatoms. The quantitative estimate of drug-likeness (QED) is 0.792. The van der Waals surface area contributed by atoms with Crippen LogP contribution in [0.5, 0.6) is 0 Å². The van der Waals surface area contributed by atoms with Gasteiger partial charge in [-0.1, -0.05) is 17.4 Å². The standard InChI is InChI=1S/C9H8N2O2S/c1-10-9-11-6-4-2-3-5(8(12)13)7(6)14-9/h2-4H,1H3,(H,10,11)(H,12,13). The van der Waals surface area contributed by atoms with E-state index in [-0.39, 0.29) is 0 Å². The Morgan fingerprint density at radius 2 is 2.36 bits per heavy atom. The van der Waals surface area contributed by atoms with Crippen molar-refractivity contribution in [2.45, 2.75) is 0 Å². The molecule has 0 aliphatic heterocycles. The number of carboxylic acid groups (broad SMARTS) is 1. The molecule has 1 aromatic carbocycles. The summed E-state index contributed by atoms with van der Waals surface area (Å²) in [6, 6.07) is 5.09. The van der Waals surface area contributed by atoms with E-state index in [0.717, 1.165) is 10.6 Å². The number of nitrogens with zero attached hydrogens (tertiary/aromatic N) is 1. The lowest BCUT2D eigenvalue weighted by molar-refractivity contribution is 0.0699. The second-order valence-corrected chi connectivity index (χ2v) is 3.73. The van der Waals surface area contributed by atoms with Crippen molar-refractivity contribution < 1.29 is 9.90 Å². The Hall–Kier alpha value is -1.62. The van der Waals surface area contributed by atoms with E-state index in [1.807, 2.05) is 0 Å². The Balaban J connectivity index is 2.73. The number of aromatic carboxylic acids is 1. The Morgan fingerprint density at radius 1 is 1.57 bits per heavy atom. The number of carbonyl (C=O) groups is 1. The number of anilines is 1. The molecule has 2 rings (SSSR count). The first-order valence-electron chi connectivity index (χ1n) is 4.03. The van der Waals surface area contributed by atoms with E-state index in [1.165, 1.54) is 11.3 Å². The van der Waals surface area contributed by atoms with Gasteiger partial charge in [0, 0.05) is 7.05 Å². The summed E-state index contributed by atoms with van der Waals surface area (Å²) in [5.74, 6) is -0.915. The van der Waals surface area contributed by atoms with Gasteiger partial charge in [-0.15, -0.1) is 0 Å². The topological polar surface area (TPSA) is 62.2 Å². The number of nitrogens with one attached hydrogen (secondary N) is 1. The van der Waals surface area contributed by atoms with Crippen molar-refractivity contribution >= 4 is 32.7 Å². The fraction of sp³-hybridized carbons (Fsp3) is 0.111. The van der Waals surface area contributed by atoms with Gasteiger partial charge in [-0.3, -0.25) is 0 Å². The van der Waals surface area contributed by atoms with Gasteiger partial charge in [-0.25, -0.2) is 9.78 Å². The smallest absolute Gasteiger partial charge is 0.337 e. The van der Waals surface area contributed by atoms with E-state index in [4.69, 9.17) is 5.11 Å². The van der Waals surface area contributed by atoms with E-state index >= 15 is 0 Å². The maximum absolute atomic E-state index is 10.9. The molecule has 0 atom stereocenters. The SMILES string of the molecule is CNc1nc2cccc(C(=O)O)c2s1. The first kappa shape index (κ1) is 8.96. The minimum atomic E-state index is -0.915. The number of rotatable bonds is 2. The largest absolute Gasteiger partial charge is 0.478 e. The van der Waals surface area contributed by atoms with Crippen molar-refractivity contribution in [2.75, 3.05) is 12.4 Å². The molecule has 0 amide bonds. The van der Waals surface area contributed by atoms with E-state index in [2.05, 4.69) is 10.3 Å². The molecule has 0 spiro atoms. The second-order valence-electron chi connectivity index (χ2n) is 2.73. The summed E-state index contributed by atoms with van der Waals surface area (Å²) >= 11 is 1.35. The number of fused-ring (bicyclic) bond motifs is 1. The van der Waals surface area contributed by atoms with Crippen LogP contribution in [0.15, 0.2) is 18.2 Å². The summed E-state index contributed by atoms with van der Waals surface area (Å²) in [5.41, 5.74) is 1.03. The maximum atomic E-state index is 10.9. The number of thiazole rings is 1. The zero-order valence-corrected chi connectivity index (χ0v) is 8.26. The minimum Gasteiger partial charge on any atom is -0.478 e. The van der Waals surface area contributed by atoms with Crippen LogP contribution >= 0.6 is 11.3 Å². The number of carboxylic acids is 1. The number of aromatic nitrogens is 1. The predicted octanol–water partition coefficient (Wildman–Crippen LogP) is 2.04. The summed E-state index contributed by atoms with van der Waals surface area (Å²) in [6.07, 6.45) is 0. The van der Waals surface area contributed by atoms with Gasteiger partial charge in [0.05, 0.1) is 15.8 Å². The summed E-state index contributed by atoms with van der Waals surface area (Å²) < 4.78 is 0.712. The van der Waals surface area contributed by atoms with Gasteiger partial charge in [0.25, 0.3) is 0 Å².